The van der Waals surface area contributed by atoms with E-state index in [0.717, 1.165) is 11.1 Å². The van der Waals surface area contributed by atoms with Crippen LogP contribution in [0.3, 0.4) is 0 Å². The molecule has 0 aliphatic rings. The molecule has 0 atom stereocenters. The first-order valence-corrected chi connectivity index (χ1v) is 8.69. The van der Waals surface area contributed by atoms with E-state index in [1.54, 1.807) is 35.2 Å². The van der Waals surface area contributed by atoms with Crippen LogP contribution in [0.1, 0.15) is 16.7 Å². The molecule has 2 aromatic carbocycles. The van der Waals surface area contributed by atoms with Crippen LogP contribution in [0, 0.1) is 0 Å². The molecule has 3 rings (SSSR count). The van der Waals surface area contributed by atoms with Crippen molar-refractivity contribution in [3.8, 4) is 22.6 Å². The molecule has 0 aliphatic heterocycles. The Morgan fingerprint density at radius 2 is 1.67 bits per heavy atom. The molecule has 0 aliphatic carbocycles. The lowest BCUT2D eigenvalue weighted by Crippen LogP contribution is -2.03. The summed E-state index contributed by atoms with van der Waals surface area (Å²) in [5.74, 6) is 0.651. The molecule has 5 heteroatoms. The van der Waals surface area contributed by atoms with Gasteiger partial charge < -0.3 is 15.9 Å². The van der Waals surface area contributed by atoms with Gasteiger partial charge >= 0.3 is 0 Å². The highest BCUT2D eigenvalue weighted by atomic mass is 16.3. The number of nitrogen functional groups attached to an aromatic ring is 1. The number of nitrogens with zero attached hydrogens (tertiary/aromatic N) is 2. The fraction of sp³-hybridized carbons (Fsp3) is 0.136. The number of allylic oxidation sites excluding steroid dienone is 2. The monoisotopic (exact) mass is 361 g/mol. The van der Waals surface area contributed by atoms with E-state index in [1.165, 1.54) is 0 Å². The molecule has 0 amide bonds. The van der Waals surface area contributed by atoms with Crippen LogP contribution < -0.4 is 5.73 Å². The predicted molar refractivity (Wildman–Crippen MR) is 109 cm³/mol. The average Bonchev–Trinajstić information content (AvgIpc) is 3.05. The Bertz CT molecular complexity index is 989. The molecule has 5 nitrogen and oxygen atoms in total. The Morgan fingerprint density at radius 1 is 0.963 bits per heavy atom. The minimum absolute atomic E-state index is 0.114. The first-order chi connectivity index (χ1) is 13.0. The van der Waals surface area contributed by atoms with E-state index in [-0.39, 0.29) is 11.5 Å². The normalized spacial score (nSPS) is 10.7. The predicted octanol–water partition coefficient (Wildman–Crippen LogP) is 4.05. The Labute approximate surface area is 158 Å². The summed E-state index contributed by atoms with van der Waals surface area (Å²) in [7, 11) is 0. The summed E-state index contributed by atoms with van der Waals surface area (Å²) in [6.45, 7) is 7.92. The number of rotatable bonds is 7. The molecule has 0 radical (unpaired) electrons. The van der Waals surface area contributed by atoms with E-state index >= 15 is 0 Å². The van der Waals surface area contributed by atoms with Gasteiger partial charge in [0.05, 0.1) is 6.54 Å². The van der Waals surface area contributed by atoms with Crippen molar-refractivity contribution in [3.63, 3.8) is 0 Å². The zero-order valence-corrected chi connectivity index (χ0v) is 15.1. The summed E-state index contributed by atoms with van der Waals surface area (Å²) in [5.41, 5.74) is 9.53. The van der Waals surface area contributed by atoms with Crippen molar-refractivity contribution in [2.75, 3.05) is 5.73 Å². The van der Waals surface area contributed by atoms with Crippen LogP contribution in [0.25, 0.3) is 11.1 Å². The summed E-state index contributed by atoms with van der Waals surface area (Å²) in [6, 6.07) is 10.9. The van der Waals surface area contributed by atoms with E-state index in [9.17, 15) is 10.2 Å². The second-order valence-electron chi connectivity index (χ2n) is 6.43. The summed E-state index contributed by atoms with van der Waals surface area (Å²) in [4.78, 5) is 0. The molecular weight excluding hydrogens is 338 g/mol. The Kier molecular flexibility index (Phi) is 5.31. The first kappa shape index (κ1) is 18.3. The number of anilines is 1. The quantitative estimate of drug-likeness (QED) is 0.554. The van der Waals surface area contributed by atoms with Crippen LogP contribution in [0.5, 0.6) is 11.5 Å². The highest BCUT2D eigenvalue weighted by Gasteiger charge is 2.16. The van der Waals surface area contributed by atoms with Gasteiger partial charge in [-0.15, -0.1) is 13.2 Å². The molecule has 3 aromatic rings. The van der Waals surface area contributed by atoms with Gasteiger partial charge in [-0.2, -0.15) is 5.10 Å². The van der Waals surface area contributed by atoms with Gasteiger partial charge in [0.1, 0.15) is 17.3 Å². The lowest BCUT2D eigenvalue weighted by molar-refractivity contribution is 0.461. The topological polar surface area (TPSA) is 84.3 Å². The maximum absolute atomic E-state index is 10.9. The van der Waals surface area contributed by atoms with Crippen LogP contribution in [0.15, 0.2) is 67.9 Å². The van der Waals surface area contributed by atoms with Gasteiger partial charge in [-0.3, -0.25) is 4.68 Å². The van der Waals surface area contributed by atoms with E-state index in [2.05, 4.69) is 18.3 Å². The largest absolute Gasteiger partial charge is 0.507 e. The summed E-state index contributed by atoms with van der Waals surface area (Å²) >= 11 is 0. The second kappa shape index (κ2) is 7.83. The van der Waals surface area contributed by atoms with E-state index in [4.69, 9.17) is 5.73 Å². The maximum Gasteiger partial charge on any atom is 0.145 e. The fourth-order valence-electron chi connectivity index (χ4n) is 3.10. The average molecular weight is 361 g/mol. The van der Waals surface area contributed by atoms with Crippen molar-refractivity contribution in [2.45, 2.75) is 19.4 Å². The van der Waals surface area contributed by atoms with Crippen LogP contribution >= 0.6 is 0 Å². The van der Waals surface area contributed by atoms with Crippen molar-refractivity contribution < 1.29 is 10.2 Å². The highest BCUT2D eigenvalue weighted by Crippen LogP contribution is 2.39. The molecule has 27 heavy (non-hydrogen) atoms. The minimum Gasteiger partial charge on any atom is -0.507 e. The number of aromatic nitrogens is 2. The minimum atomic E-state index is 0.114. The molecule has 0 bridgehead atoms. The lowest BCUT2D eigenvalue weighted by atomic mass is 9.94. The van der Waals surface area contributed by atoms with Gasteiger partial charge in [-0.25, -0.2) is 0 Å². The van der Waals surface area contributed by atoms with Crippen LogP contribution in [-0.4, -0.2) is 20.0 Å². The van der Waals surface area contributed by atoms with Gasteiger partial charge in [0, 0.05) is 22.9 Å². The lowest BCUT2D eigenvalue weighted by Gasteiger charge is -2.15. The maximum atomic E-state index is 10.9. The molecule has 0 fully saturated rings. The zero-order chi connectivity index (χ0) is 19.4. The Balaban J connectivity index is 2.12. The van der Waals surface area contributed by atoms with Gasteiger partial charge in [-0.05, 0) is 54.3 Å². The number of phenols is 2. The van der Waals surface area contributed by atoms with Crippen molar-refractivity contribution >= 4 is 5.82 Å². The van der Waals surface area contributed by atoms with Crippen LogP contribution in [0.2, 0.25) is 0 Å². The molecule has 0 saturated heterocycles. The molecule has 4 N–H and O–H groups in total. The SMILES string of the molecule is C=CCc1ccc(O)c(-c2cc(CC=C)cc(Cn3ccc(N)n3)c2O)c1. The second-order valence-corrected chi connectivity index (χ2v) is 6.43. The summed E-state index contributed by atoms with van der Waals surface area (Å²) < 4.78 is 1.67. The van der Waals surface area contributed by atoms with Crippen LogP contribution in [0.4, 0.5) is 5.82 Å². The van der Waals surface area contributed by atoms with Gasteiger partial charge in [-0.1, -0.05) is 18.2 Å². The van der Waals surface area contributed by atoms with E-state index in [0.29, 0.717) is 41.9 Å². The van der Waals surface area contributed by atoms with Gasteiger partial charge in [0.15, 0.2) is 0 Å². The first-order valence-electron chi connectivity index (χ1n) is 8.69. The smallest absolute Gasteiger partial charge is 0.145 e. The third-order valence-electron chi connectivity index (χ3n) is 4.35. The van der Waals surface area contributed by atoms with Crippen molar-refractivity contribution in [1.82, 2.24) is 9.78 Å². The number of hydrogen-bond acceptors (Lipinski definition) is 4. The highest BCUT2D eigenvalue weighted by molar-refractivity contribution is 5.78. The van der Waals surface area contributed by atoms with Crippen LogP contribution in [-0.2, 0) is 19.4 Å². The molecule has 0 saturated carbocycles. The standard InChI is InChI=1S/C22H23N3O2/c1-3-5-15-7-8-20(26)18(12-15)19-13-16(6-4-2)11-17(22(19)27)14-25-10-9-21(23)24-25/h3-4,7-13,26-27H,1-2,5-6,14H2,(H2,23,24). The third-order valence-corrected chi connectivity index (χ3v) is 4.35. The number of benzene rings is 2. The summed E-state index contributed by atoms with van der Waals surface area (Å²) in [6.07, 6.45) is 6.70. The number of phenolic OH excluding ortho intramolecular Hbond substituents is 2. The van der Waals surface area contributed by atoms with Gasteiger partial charge in [0.25, 0.3) is 0 Å². The number of aromatic hydroxyl groups is 2. The van der Waals surface area contributed by atoms with Crippen molar-refractivity contribution in [3.05, 3.63) is 84.6 Å². The number of nitrogens with two attached hydrogens (primary N) is 1. The molecule has 0 spiro atoms. The van der Waals surface area contributed by atoms with Crippen molar-refractivity contribution in [2.24, 2.45) is 0 Å². The van der Waals surface area contributed by atoms with E-state index in [1.807, 2.05) is 24.3 Å². The van der Waals surface area contributed by atoms with Crippen molar-refractivity contribution in [1.29, 1.82) is 0 Å². The Morgan fingerprint density at radius 3 is 2.33 bits per heavy atom. The van der Waals surface area contributed by atoms with E-state index < -0.39 is 0 Å². The zero-order valence-electron chi connectivity index (χ0n) is 15.1. The summed E-state index contributed by atoms with van der Waals surface area (Å²) in [5, 5.41) is 25.5. The fourth-order valence-corrected chi connectivity index (χ4v) is 3.10. The number of hydrogen-bond donors (Lipinski definition) is 3. The molecule has 0 unspecified atom stereocenters. The van der Waals surface area contributed by atoms with Gasteiger partial charge in [0.2, 0.25) is 0 Å². The third kappa shape index (κ3) is 4.03. The molecule has 138 valence electrons. The molecular formula is C22H23N3O2. The molecule has 1 aromatic heterocycles. The molecule has 1 heterocycles. The Hall–Kier alpha value is -3.47.